The predicted molar refractivity (Wildman–Crippen MR) is 102 cm³/mol. The summed E-state index contributed by atoms with van der Waals surface area (Å²) in [5, 5.41) is 13.9. The molecule has 3 aromatic rings. The minimum absolute atomic E-state index is 0.141. The molecule has 2 aromatic heterocycles. The molecule has 1 aromatic carbocycles. The highest BCUT2D eigenvalue weighted by Gasteiger charge is 2.44. The Kier molecular flexibility index (Phi) is 4.92. The molecular weight excluding hydrogens is 399 g/mol. The number of hydrogen-bond acceptors (Lipinski definition) is 6. The monoisotopic (exact) mass is 417 g/mol. The molecule has 3 heterocycles. The lowest BCUT2D eigenvalue weighted by Crippen LogP contribution is -2.32. The molecule has 0 bridgehead atoms. The summed E-state index contributed by atoms with van der Waals surface area (Å²) in [6.07, 6.45) is -3.14. The number of pyridine rings is 1. The SMILES string of the molecule is C[C@]1(c2nnc(-c3ncccc3Nc3ccc(CC(F)(F)F)cc3)o2)CCNC1=O. The summed E-state index contributed by atoms with van der Waals surface area (Å²) in [4.78, 5) is 16.4. The van der Waals surface area contributed by atoms with Crippen LogP contribution in [-0.4, -0.2) is 33.8 Å². The van der Waals surface area contributed by atoms with Gasteiger partial charge in [0.05, 0.1) is 12.1 Å². The second-order valence-corrected chi connectivity index (χ2v) is 7.26. The van der Waals surface area contributed by atoms with Crippen LogP contribution in [0.15, 0.2) is 47.0 Å². The standard InChI is InChI=1S/C20H18F3N5O2/c1-19(8-10-25-17(19)29)18-28-27-16(30-18)15-14(3-2-9-24-15)26-13-6-4-12(5-7-13)11-20(21,22)23/h2-7,9,26H,8,10-11H2,1H3,(H,25,29)/t19-/m0/s1. The van der Waals surface area contributed by atoms with Crippen molar-refractivity contribution < 1.29 is 22.4 Å². The number of benzene rings is 1. The summed E-state index contributed by atoms with van der Waals surface area (Å²) in [5.74, 6) is 0.180. The van der Waals surface area contributed by atoms with Gasteiger partial charge >= 0.3 is 6.18 Å². The second-order valence-electron chi connectivity index (χ2n) is 7.26. The molecule has 2 N–H and O–H groups in total. The Morgan fingerprint density at radius 3 is 2.63 bits per heavy atom. The van der Waals surface area contributed by atoms with Gasteiger partial charge in [-0.25, -0.2) is 4.98 Å². The van der Waals surface area contributed by atoms with Crippen LogP contribution in [0, 0.1) is 0 Å². The Morgan fingerprint density at radius 2 is 1.97 bits per heavy atom. The van der Waals surface area contributed by atoms with Gasteiger partial charge in [0.15, 0.2) is 5.69 Å². The molecular formula is C20H18F3N5O2. The van der Waals surface area contributed by atoms with E-state index in [4.69, 9.17) is 4.42 Å². The summed E-state index contributed by atoms with van der Waals surface area (Å²) in [6.45, 7) is 2.28. The van der Waals surface area contributed by atoms with Crippen LogP contribution < -0.4 is 10.6 Å². The Morgan fingerprint density at radius 1 is 1.20 bits per heavy atom. The van der Waals surface area contributed by atoms with Crippen molar-refractivity contribution in [3.05, 3.63) is 54.0 Å². The van der Waals surface area contributed by atoms with Gasteiger partial charge in [-0.05, 0) is 43.2 Å². The molecule has 1 amide bonds. The van der Waals surface area contributed by atoms with Crippen molar-refractivity contribution >= 4 is 17.3 Å². The highest BCUT2D eigenvalue weighted by Crippen LogP contribution is 2.34. The van der Waals surface area contributed by atoms with E-state index < -0.39 is 18.0 Å². The fourth-order valence-corrected chi connectivity index (χ4v) is 3.25. The van der Waals surface area contributed by atoms with Crippen molar-refractivity contribution in [3.8, 4) is 11.6 Å². The van der Waals surface area contributed by atoms with Gasteiger partial charge in [-0.3, -0.25) is 4.79 Å². The van der Waals surface area contributed by atoms with Crippen LogP contribution in [0.1, 0.15) is 24.8 Å². The van der Waals surface area contributed by atoms with Crippen LogP contribution in [0.4, 0.5) is 24.5 Å². The van der Waals surface area contributed by atoms with Gasteiger partial charge < -0.3 is 15.1 Å². The molecule has 0 saturated carbocycles. The van der Waals surface area contributed by atoms with E-state index in [1.807, 2.05) is 0 Å². The van der Waals surface area contributed by atoms with Gasteiger partial charge in [0, 0.05) is 18.4 Å². The number of hydrogen-bond donors (Lipinski definition) is 2. The Bertz CT molecular complexity index is 1060. The lowest BCUT2D eigenvalue weighted by atomic mass is 9.89. The van der Waals surface area contributed by atoms with Crippen molar-refractivity contribution in [2.24, 2.45) is 0 Å². The molecule has 0 radical (unpaired) electrons. The number of rotatable bonds is 5. The third-order valence-corrected chi connectivity index (χ3v) is 4.96. The summed E-state index contributed by atoms with van der Waals surface area (Å²) in [6, 6.07) is 9.38. The smallest absolute Gasteiger partial charge is 0.393 e. The highest BCUT2D eigenvalue weighted by atomic mass is 19.4. The Hall–Kier alpha value is -3.43. The number of nitrogens with zero attached hydrogens (tertiary/aromatic N) is 3. The van der Waals surface area contributed by atoms with Crippen LogP contribution in [0.2, 0.25) is 0 Å². The van der Waals surface area contributed by atoms with Crippen LogP contribution in [0.3, 0.4) is 0 Å². The second kappa shape index (κ2) is 7.43. The third-order valence-electron chi connectivity index (χ3n) is 4.96. The number of carbonyl (C=O) groups is 1. The van der Waals surface area contributed by atoms with E-state index >= 15 is 0 Å². The molecule has 4 rings (SSSR count). The van der Waals surface area contributed by atoms with Crippen LogP contribution >= 0.6 is 0 Å². The maximum Gasteiger partial charge on any atom is 0.393 e. The Balaban J connectivity index is 1.57. The molecule has 1 aliphatic heterocycles. The first kappa shape index (κ1) is 19.9. The molecule has 10 heteroatoms. The largest absolute Gasteiger partial charge is 0.418 e. The molecule has 0 spiro atoms. The predicted octanol–water partition coefficient (Wildman–Crippen LogP) is 3.76. The van der Waals surface area contributed by atoms with Crippen LogP contribution in [0.5, 0.6) is 0 Å². The van der Waals surface area contributed by atoms with E-state index in [0.29, 0.717) is 30.0 Å². The number of alkyl halides is 3. The molecule has 0 aliphatic carbocycles. The minimum atomic E-state index is -4.26. The number of carbonyl (C=O) groups excluding carboxylic acids is 1. The van der Waals surface area contributed by atoms with Gasteiger partial charge in [0.25, 0.3) is 5.89 Å². The number of nitrogens with one attached hydrogen (secondary N) is 2. The molecule has 1 atom stereocenters. The first-order valence-corrected chi connectivity index (χ1v) is 9.25. The molecule has 156 valence electrons. The number of aromatic nitrogens is 3. The molecule has 7 nitrogen and oxygen atoms in total. The fourth-order valence-electron chi connectivity index (χ4n) is 3.25. The lowest BCUT2D eigenvalue weighted by molar-refractivity contribution is -0.127. The van der Waals surface area contributed by atoms with E-state index in [0.717, 1.165) is 0 Å². The summed E-state index contributed by atoms with van der Waals surface area (Å²) < 4.78 is 43.3. The van der Waals surface area contributed by atoms with Crippen LogP contribution in [0.25, 0.3) is 11.6 Å². The summed E-state index contributed by atoms with van der Waals surface area (Å²) >= 11 is 0. The first-order chi connectivity index (χ1) is 14.2. The van der Waals surface area contributed by atoms with Gasteiger partial charge in [0.1, 0.15) is 5.41 Å². The maximum atomic E-state index is 12.5. The topological polar surface area (TPSA) is 92.9 Å². The Labute approximate surface area is 169 Å². The number of anilines is 2. The van der Waals surface area contributed by atoms with E-state index in [1.54, 1.807) is 37.4 Å². The van der Waals surface area contributed by atoms with Gasteiger partial charge in [0.2, 0.25) is 11.8 Å². The zero-order valence-electron chi connectivity index (χ0n) is 16.0. The highest BCUT2D eigenvalue weighted by molar-refractivity contribution is 5.88. The third kappa shape index (κ3) is 3.98. The minimum Gasteiger partial charge on any atom is -0.418 e. The van der Waals surface area contributed by atoms with E-state index in [2.05, 4.69) is 25.8 Å². The molecule has 30 heavy (non-hydrogen) atoms. The van der Waals surface area contributed by atoms with Crippen molar-refractivity contribution in [3.63, 3.8) is 0 Å². The zero-order valence-corrected chi connectivity index (χ0v) is 16.0. The summed E-state index contributed by atoms with van der Waals surface area (Å²) in [7, 11) is 0. The number of amides is 1. The van der Waals surface area contributed by atoms with E-state index in [9.17, 15) is 18.0 Å². The average molecular weight is 417 g/mol. The maximum absolute atomic E-state index is 12.5. The van der Waals surface area contributed by atoms with E-state index in [-0.39, 0.29) is 23.3 Å². The molecule has 0 unspecified atom stereocenters. The van der Waals surface area contributed by atoms with Gasteiger partial charge in [-0.2, -0.15) is 13.2 Å². The lowest BCUT2D eigenvalue weighted by Gasteiger charge is -2.14. The average Bonchev–Trinajstić information content (AvgIpc) is 3.31. The first-order valence-electron chi connectivity index (χ1n) is 9.25. The zero-order chi connectivity index (χ0) is 21.4. The van der Waals surface area contributed by atoms with Crippen molar-refractivity contribution in [1.29, 1.82) is 0 Å². The normalized spacial score (nSPS) is 19.0. The van der Waals surface area contributed by atoms with Gasteiger partial charge in [-0.15, -0.1) is 10.2 Å². The van der Waals surface area contributed by atoms with Crippen LogP contribution in [-0.2, 0) is 16.6 Å². The molecule has 1 aliphatic rings. The summed E-state index contributed by atoms with van der Waals surface area (Å²) in [5.41, 5.74) is 0.776. The quantitative estimate of drug-likeness (QED) is 0.657. The van der Waals surface area contributed by atoms with Crippen molar-refractivity contribution in [2.75, 3.05) is 11.9 Å². The molecule has 1 saturated heterocycles. The fraction of sp³-hybridized carbons (Fsp3) is 0.300. The van der Waals surface area contributed by atoms with Crippen molar-refractivity contribution in [2.45, 2.75) is 31.4 Å². The molecule has 1 fully saturated rings. The van der Waals surface area contributed by atoms with E-state index in [1.165, 1.54) is 12.1 Å². The van der Waals surface area contributed by atoms with Crippen molar-refractivity contribution in [1.82, 2.24) is 20.5 Å². The number of halogens is 3. The van der Waals surface area contributed by atoms with Gasteiger partial charge in [-0.1, -0.05) is 12.1 Å².